The van der Waals surface area contributed by atoms with Crippen LogP contribution in [0.4, 0.5) is 0 Å². The van der Waals surface area contributed by atoms with E-state index >= 15 is 0 Å². The fourth-order valence-corrected chi connectivity index (χ4v) is 1.63. The van der Waals surface area contributed by atoms with Crippen LogP contribution in [0.3, 0.4) is 0 Å². The van der Waals surface area contributed by atoms with Crippen LogP contribution >= 0.6 is 11.6 Å². The Bertz CT molecular complexity index is 253. The molecule has 0 fully saturated rings. The van der Waals surface area contributed by atoms with Gasteiger partial charge in [-0.3, -0.25) is 0 Å². The van der Waals surface area contributed by atoms with Gasteiger partial charge in [0.1, 0.15) is 5.15 Å². The monoisotopic (exact) mass is 197 g/mol. The van der Waals surface area contributed by atoms with Gasteiger partial charge >= 0.3 is 0 Å². The summed E-state index contributed by atoms with van der Waals surface area (Å²) in [6.45, 7) is 6.70. The Balaban J connectivity index is 2.66. The molecule has 0 aliphatic carbocycles. The molecule has 0 saturated heterocycles. The first-order chi connectivity index (χ1) is 6.09. The van der Waals surface area contributed by atoms with Crippen molar-refractivity contribution in [3.63, 3.8) is 0 Å². The van der Waals surface area contributed by atoms with Crippen LogP contribution in [0.2, 0.25) is 5.15 Å². The van der Waals surface area contributed by atoms with Gasteiger partial charge in [0.25, 0.3) is 0 Å². The standard InChI is InChI=1S/C11H16ClN/c1-8(2)6-9(3)10-4-5-11(12)13-7-10/h4-5,7-9H,6H2,1-3H3. The summed E-state index contributed by atoms with van der Waals surface area (Å²) in [5.74, 6) is 1.30. The van der Waals surface area contributed by atoms with E-state index in [0.717, 1.165) is 5.92 Å². The molecule has 2 heteroatoms. The van der Waals surface area contributed by atoms with E-state index in [1.807, 2.05) is 12.3 Å². The number of nitrogens with zero attached hydrogens (tertiary/aromatic N) is 1. The van der Waals surface area contributed by atoms with Gasteiger partial charge in [0.15, 0.2) is 0 Å². The van der Waals surface area contributed by atoms with Gasteiger partial charge in [-0.2, -0.15) is 0 Å². The molecule has 1 aromatic rings. The number of hydrogen-bond donors (Lipinski definition) is 0. The molecule has 1 heterocycles. The van der Waals surface area contributed by atoms with Crippen LogP contribution in [0.5, 0.6) is 0 Å². The first kappa shape index (κ1) is 10.5. The number of aromatic nitrogens is 1. The van der Waals surface area contributed by atoms with Crippen molar-refractivity contribution >= 4 is 11.6 Å². The first-order valence-electron chi connectivity index (χ1n) is 4.71. The second-order valence-electron chi connectivity index (χ2n) is 3.94. The SMILES string of the molecule is CC(C)CC(C)c1ccc(Cl)nc1. The van der Waals surface area contributed by atoms with E-state index in [1.165, 1.54) is 12.0 Å². The summed E-state index contributed by atoms with van der Waals surface area (Å²) in [5, 5.41) is 0.570. The highest BCUT2D eigenvalue weighted by Gasteiger charge is 2.07. The highest BCUT2D eigenvalue weighted by Crippen LogP contribution is 2.22. The normalized spacial score (nSPS) is 13.3. The Labute approximate surface area is 85.1 Å². The summed E-state index contributed by atoms with van der Waals surface area (Å²) in [5.41, 5.74) is 1.28. The van der Waals surface area contributed by atoms with E-state index in [0.29, 0.717) is 11.1 Å². The Morgan fingerprint density at radius 2 is 2.00 bits per heavy atom. The highest BCUT2D eigenvalue weighted by atomic mass is 35.5. The van der Waals surface area contributed by atoms with Crippen molar-refractivity contribution in [2.45, 2.75) is 33.1 Å². The topological polar surface area (TPSA) is 12.9 Å². The highest BCUT2D eigenvalue weighted by molar-refractivity contribution is 6.29. The average Bonchev–Trinajstić information content (AvgIpc) is 2.04. The van der Waals surface area contributed by atoms with Crippen LogP contribution in [0.25, 0.3) is 0 Å². The Morgan fingerprint density at radius 3 is 2.46 bits per heavy atom. The van der Waals surface area contributed by atoms with Crippen molar-refractivity contribution in [1.29, 1.82) is 0 Å². The van der Waals surface area contributed by atoms with Gasteiger partial charge in [0.05, 0.1) is 0 Å². The summed E-state index contributed by atoms with van der Waals surface area (Å²) in [4.78, 5) is 4.07. The maximum atomic E-state index is 5.71. The van der Waals surface area contributed by atoms with E-state index in [9.17, 15) is 0 Å². The molecule has 0 amide bonds. The Hall–Kier alpha value is -0.560. The number of hydrogen-bond acceptors (Lipinski definition) is 1. The number of halogens is 1. The van der Waals surface area contributed by atoms with Gasteiger partial charge in [0.2, 0.25) is 0 Å². The fraction of sp³-hybridized carbons (Fsp3) is 0.545. The number of rotatable bonds is 3. The van der Waals surface area contributed by atoms with Crippen LogP contribution in [0, 0.1) is 5.92 Å². The second-order valence-corrected chi connectivity index (χ2v) is 4.33. The molecular weight excluding hydrogens is 182 g/mol. The van der Waals surface area contributed by atoms with Crippen molar-refractivity contribution in [3.8, 4) is 0 Å². The molecule has 0 aliphatic heterocycles. The third-order valence-electron chi connectivity index (χ3n) is 2.14. The van der Waals surface area contributed by atoms with E-state index in [4.69, 9.17) is 11.6 Å². The molecule has 72 valence electrons. The molecule has 1 unspecified atom stereocenters. The summed E-state index contributed by atoms with van der Waals surface area (Å²) in [6, 6.07) is 3.91. The zero-order valence-electron chi connectivity index (χ0n) is 8.42. The molecule has 13 heavy (non-hydrogen) atoms. The van der Waals surface area contributed by atoms with E-state index in [2.05, 4.69) is 31.8 Å². The van der Waals surface area contributed by atoms with Crippen LogP contribution in [0.15, 0.2) is 18.3 Å². The van der Waals surface area contributed by atoms with Gasteiger partial charge in [0, 0.05) is 6.20 Å². The van der Waals surface area contributed by atoms with Crippen molar-refractivity contribution in [3.05, 3.63) is 29.0 Å². The van der Waals surface area contributed by atoms with Crippen LogP contribution in [-0.4, -0.2) is 4.98 Å². The predicted octanol–water partition coefficient (Wildman–Crippen LogP) is 3.88. The van der Waals surface area contributed by atoms with Crippen molar-refractivity contribution in [1.82, 2.24) is 4.98 Å². The predicted molar refractivity (Wildman–Crippen MR) is 57.1 cm³/mol. The second kappa shape index (κ2) is 4.61. The third-order valence-corrected chi connectivity index (χ3v) is 2.37. The summed E-state index contributed by atoms with van der Waals surface area (Å²) >= 11 is 5.71. The average molecular weight is 198 g/mol. The molecule has 0 N–H and O–H groups in total. The van der Waals surface area contributed by atoms with E-state index in [-0.39, 0.29) is 0 Å². The van der Waals surface area contributed by atoms with Crippen LogP contribution in [-0.2, 0) is 0 Å². The summed E-state index contributed by atoms with van der Waals surface area (Å²) < 4.78 is 0. The van der Waals surface area contributed by atoms with Gasteiger partial charge < -0.3 is 0 Å². The minimum atomic E-state index is 0.570. The molecule has 0 aromatic carbocycles. The molecule has 0 aliphatic rings. The quantitative estimate of drug-likeness (QED) is 0.671. The maximum Gasteiger partial charge on any atom is 0.129 e. The third kappa shape index (κ3) is 3.35. The first-order valence-corrected chi connectivity index (χ1v) is 5.09. The minimum absolute atomic E-state index is 0.570. The minimum Gasteiger partial charge on any atom is -0.244 e. The molecule has 0 saturated carbocycles. The van der Waals surface area contributed by atoms with Gasteiger partial charge in [-0.15, -0.1) is 0 Å². The Kier molecular flexibility index (Phi) is 3.73. The van der Waals surface area contributed by atoms with Gasteiger partial charge in [-0.25, -0.2) is 4.98 Å². The Morgan fingerprint density at radius 1 is 1.31 bits per heavy atom. The zero-order valence-corrected chi connectivity index (χ0v) is 9.17. The van der Waals surface area contributed by atoms with Gasteiger partial charge in [-0.05, 0) is 29.9 Å². The summed E-state index contributed by atoms with van der Waals surface area (Å²) in [7, 11) is 0. The number of pyridine rings is 1. The maximum absolute atomic E-state index is 5.71. The van der Waals surface area contributed by atoms with E-state index < -0.39 is 0 Å². The van der Waals surface area contributed by atoms with E-state index in [1.54, 1.807) is 0 Å². The van der Waals surface area contributed by atoms with Crippen molar-refractivity contribution < 1.29 is 0 Å². The largest absolute Gasteiger partial charge is 0.244 e. The lowest BCUT2D eigenvalue weighted by Crippen LogP contribution is -1.99. The molecule has 0 radical (unpaired) electrons. The molecule has 1 atom stereocenters. The smallest absolute Gasteiger partial charge is 0.129 e. The molecule has 0 bridgehead atoms. The molecule has 1 rings (SSSR count). The van der Waals surface area contributed by atoms with Crippen LogP contribution < -0.4 is 0 Å². The molecule has 0 spiro atoms. The lowest BCUT2D eigenvalue weighted by atomic mass is 9.93. The lowest BCUT2D eigenvalue weighted by Gasteiger charge is -2.13. The molecule has 1 aromatic heterocycles. The molecular formula is C11H16ClN. The van der Waals surface area contributed by atoms with Crippen molar-refractivity contribution in [2.24, 2.45) is 5.92 Å². The fourth-order valence-electron chi connectivity index (χ4n) is 1.52. The lowest BCUT2D eigenvalue weighted by molar-refractivity contribution is 0.523. The van der Waals surface area contributed by atoms with Gasteiger partial charge in [-0.1, -0.05) is 38.4 Å². The van der Waals surface area contributed by atoms with Crippen molar-refractivity contribution in [2.75, 3.05) is 0 Å². The summed E-state index contributed by atoms with van der Waals surface area (Å²) in [6.07, 6.45) is 3.07. The zero-order chi connectivity index (χ0) is 9.84. The molecule has 1 nitrogen and oxygen atoms in total. The van der Waals surface area contributed by atoms with Crippen LogP contribution in [0.1, 0.15) is 38.7 Å².